The molecule has 9 nitrogen and oxygen atoms in total. The lowest BCUT2D eigenvalue weighted by Crippen LogP contribution is -2.43. The molecule has 0 aromatic rings. The number of halogens is 6. The number of nitrogens with zero attached hydrogens (tertiary/aromatic N) is 2. The first-order chi connectivity index (χ1) is 18.1. The minimum absolute atomic E-state index is 0.0273. The molecule has 2 atom stereocenters. The summed E-state index contributed by atoms with van der Waals surface area (Å²) in [5, 5.41) is 14.2. The van der Waals surface area contributed by atoms with E-state index in [9.17, 15) is 31.1 Å². The van der Waals surface area contributed by atoms with Gasteiger partial charge in [0, 0.05) is 51.9 Å². The van der Waals surface area contributed by atoms with Crippen LogP contribution in [0.5, 0.6) is 0 Å². The number of hydrogen-bond acceptors (Lipinski definition) is 7. The number of hydrogen-bond donors (Lipinski definition) is 2. The van der Waals surface area contributed by atoms with Gasteiger partial charge in [0.25, 0.3) is 0 Å². The first kappa shape index (κ1) is 34.6. The average molecular weight is 579 g/mol. The molecule has 3 aliphatic heterocycles. The number of esters is 1. The highest BCUT2D eigenvalue weighted by molar-refractivity contribution is 5.78. The summed E-state index contributed by atoms with van der Waals surface area (Å²) in [6, 6.07) is 0. The zero-order chi connectivity index (χ0) is 29.9. The summed E-state index contributed by atoms with van der Waals surface area (Å²) in [7, 11) is 0. The van der Waals surface area contributed by atoms with Crippen LogP contribution in [0.15, 0.2) is 12.7 Å². The molecule has 39 heavy (non-hydrogen) atoms. The second-order valence-corrected chi connectivity index (χ2v) is 9.58. The van der Waals surface area contributed by atoms with E-state index in [1.54, 1.807) is 0 Å². The molecule has 0 aromatic carbocycles. The van der Waals surface area contributed by atoms with Crippen molar-refractivity contribution in [1.29, 1.82) is 0 Å². The SMILES string of the molecule is C=CCN1C[C@@H]2CN(CC3CCOCC3)CCC[C@]2(C(=O)OCC)C1.O=C(O)C(F)(F)F.O=C(O)C(F)(F)F. The minimum Gasteiger partial charge on any atom is -0.475 e. The topological polar surface area (TPSA) is 117 Å². The molecular formula is C24H36F6N2O7. The van der Waals surface area contributed by atoms with Crippen LogP contribution in [0, 0.1) is 17.3 Å². The van der Waals surface area contributed by atoms with Crippen molar-refractivity contribution in [1.82, 2.24) is 9.80 Å². The van der Waals surface area contributed by atoms with Crippen LogP contribution in [0.2, 0.25) is 0 Å². The smallest absolute Gasteiger partial charge is 0.475 e. The van der Waals surface area contributed by atoms with Crippen molar-refractivity contribution in [2.24, 2.45) is 17.3 Å². The number of rotatable bonds is 6. The van der Waals surface area contributed by atoms with Crippen LogP contribution in [0.1, 0.15) is 32.6 Å². The number of carbonyl (C=O) groups excluding carboxylic acids is 1. The Morgan fingerprint density at radius 1 is 1.03 bits per heavy atom. The molecule has 226 valence electrons. The van der Waals surface area contributed by atoms with Gasteiger partial charge >= 0.3 is 30.3 Å². The summed E-state index contributed by atoms with van der Waals surface area (Å²) in [5.74, 6) is -4.37. The van der Waals surface area contributed by atoms with E-state index in [4.69, 9.17) is 29.3 Å². The van der Waals surface area contributed by atoms with Crippen LogP contribution >= 0.6 is 0 Å². The highest BCUT2D eigenvalue weighted by Gasteiger charge is 2.53. The fourth-order valence-electron chi connectivity index (χ4n) is 5.01. The third-order valence-corrected chi connectivity index (χ3v) is 6.75. The van der Waals surface area contributed by atoms with E-state index in [0.717, 1.165) is 71.2 Å². The summed E-state index contributed by atoms with van der Waals surface area (Å²) >= 11 is 0. The number of likely N-dealkylation sites (tertiary alicyclic amines) is 2. The highest BCUT2D eigenvalue weighted by Crippen LogP contribution is 2.44. The Hall–Kier alpha value is -2.39. The molecule has 3 fully saturated rings. The highest BCUT2D eigenvalue weighted by atomic mass is 19.4. The van der Waals surface area contributed by atoms with Crippen LogP contribution in [0.25, 0.3) is 0 Å². The quantitative estimate of drug-likeness (QED) is 0.278. The van der Waals surface area contributed by atoms with E-state index in [1.165, 1.54) is 12.8 Å². The van der Waals surface area contributed by atoms with Crippen molar-refractivity contribution in [2.75, 3.05) is 59.1 Å². The third kappa shape index (κ3) is 11.3. The molecule has 0 spiro atoms. The van der Waals surface area contributed by atoms with Gasteiger partial charge in [-0.15, -0.1) is 6.58 Å². The Balaban J connectivity index is 0.000000449. The molecule has 0 unspecified atom stereocenters. The number of fused-ring (bicyclic) bond motifs is 1. The molecule has 3 aliphatic rings. The van der Waals surface area contributed by atoms with Crippen LogP contribution in [-0.2, 0) is 23.9 Å². The van der Waals surface area contributed by atoms with Crippen molar-refractivity contribution in [3.8, 4) is 0 Å². The van der Waals surface area contributed by atoms with Gasteiger partial charge in [-0.05, 0) is 45.1 Å². The lowest BCUT2D eigenvalue weighted by Gasteiger charge is -2.33. The van der Waals surface area contributed by atoms with Crippen molar-refractivity contribution in [2.45, 2.75) is 45.0 Å². The van der Waals surface area contributed by atoms with E-state index in [-0.39, 0.29) is 11.4 Å². The molecule has 3 rings (SSSR count). The molecule has 0 aromatic heterocycles. The molecule has 2 N–H and O–H groups in total. The van der Waals surface area contributed by atoms with E-state index < -0.39 is 24.3 Å². The first-order valence-electron chi connectivity index (χ1n) is 12.5. The van der Waals surface area contributed by atoms with Gasteiger partial charge in [0.1, 0.15) is 0 Å². The normalized spacial score (nSPS) is 24.6. The maximum absolute atomic E-state index is 12.9. The predicted molar refractivity (Wildman–Crippen MR) is 126 cm³/mol. The van der Waals surface area contributed by atoms with E-state index >= 15 is 0 Å². The lowest BCUT2D eigenvalue weighted by molar-refractivity contribution is -0.193. The Kier molecular flexibility index (Phi) is 13.7. The largest absolute Gasteiger partial charge is 0.490 e. The summed E-state index contributed by atoms with van der Waals surface area (Å²) in [4.78, 5) is 35.7. The summed E-state index contributed by atoms with van der Waals surface area (Å²) in [6.07, 6.45) is -3.84. The summed E-state index contributed by atoms with van der Waals surface area (Å²) < 4.78 is 74.5. The molecule has 0 bridgehead atoms. The van der Waals surface area contributed by atoms with Crippen molar-refractivity contribution in [3.05, 3.63) is 12.7 Å². The molecule has 3 saturated heterocycles. The fourth-order valence-corrected chi connectivity index (χ4v) is 5.01. The van der Waals surface area contributed by atoms with Gasteiger partial charge in [-0.3, -0.25) is 9.69 Å². The number of carboxylic acid groups (broad SMARTS) is 2. The number of aliphatic carboxylic acids is 2. The van der Waals surface area contributed by atoms with Gasteiger partial charge in [0.05, 0.1) is 12.0 Å². The molecule has 15 heteroatoms. The third-order valence-electron chi connectivity index (χ3n) is 6.75. The van der Waals surface area contributed by atoms with Gasteiger partial charge in [-0.25, -0.2) is 9.59 Å². The number of ether oxygens (including phenoxy) is 2. The maximum Gasteiger partial charge on any atom is 0.490 e. The fraction of sp³-hybridized carbons (Fsp3) is 0.792. The Labute approximate surface area is 222 Å². The monoisotopic (exact) mass is 578 g/mol. The first-order valence-corrected chi connectivity index (χ1v) is 12.5. The molecule has 0 radical (unpaired) electrons. The van der Waals surface area contributed by atoms with Crippen LogP contribution < -0.4 is 0 Å². The molecule has 0 saturated carbocycles. The van der Waals surface area contributed by atoms with Gasteiger partial charge in [-0.2, -0.15) is 26.3 Å². The van der Waals surface area contributed by atoms with E-state index in [0.29, 0.717) is 12.5 Å². The lowest BCUT2D eigenvalue weighted by atomic mass is 9.75. The number of carboxylic acids is 2. The maximum atomic E-state index is 12.9. The summed E-state index contributed by atoms with van der Waals surface area (Å²) in [6.45, 7) is 14.0. The Bertz CT molecular complexity index is 794. The van der Waals surface area contributed by atoms with Crippen molar-refractivity contribution in [3.63, 3.8) is 0 Å². The van der Waals surface area contributed by atoms with Crippen molar-refractivity contribution >= 4 is 17.9 Å². The number of carbonyl (C=O) groups is 3. The molecule has 0 aliphatic carbocycles. The standard InChI is InChI=1S/C20H34N2O3.2C2HF3O2/c1-3-9-22-15-18-14-21(13-17-6-11-24-12-7-17)10-5-8-20(18,16-22)19(23)25-4-2;2*3-2(4,5)1(6)7/h3,17-18H,1,4-16H2,2H3;2*(H,6,7)/t18-,20-;;/m0../s1. The van der Waals surface area contributed by atoms with E-state index in [1.807, 2.05) is 13.0 Å². The Morgan fingerprint density at radius 2 is 1.54 bits per heavy atom. The zero-order valence-electron chi connectivity index (χ0n) is 21.7. The van der Waals surface area contributed by atoms with Crippen molar-refractivity contribution < 1.29 is 60.4 Å². The zero-order valence-corrected chi connectivity index (χ0v) is 21.7. The van der Waals surface area contributed by atoms with Gasteiger partial charge in [0.2, 0.25) is 0 Å². The van der Waals surface area contributed by atoms with Crippen LogP contribution in [0.4, 0.5) is 26.3 Å². The van der Waals surface area contributed by atoms with Crippen LogP contribution in [0.3, 0.4) is 0 Å². The van der Waals surface area contributed by atoms with E-state index in [2.05, 4.69) is 16.4 Å². The number of alkyl halides is 6. The summed E-state index contributed by atoms with van der Waals surface area (Å²) in [5.41, 5.74) is -0.316. The Morgan fingerprint density at radius 3 is 2.00 bits per heavy atom. The van der Waals surface area contributed by atoms with Gasteiger partial charge in [0.15, 0.2) is 0 Å². The molecular weight excluding hydrogens is 542 g/mol. The van der Waals surface area contributed by atoms with Gasteiger partial charge < -0.3 is 24.6 Å². The predicted octanol–water partition coefficient (Wildman–Crippen LogP) is 3.44. The average Bonchev–Trinajstić information content (AvgIpc) is 3.08. The minimum atomic E-state index is -5.08. The molecule has 0 amide bonds. The van der Waals surface area contributed by atoms with Gasteiger partial charge in [-0.1, -0.05) is 6.08 Å². The molecule has 3 heterocycles. The second-order valence-electron chi connectivity index (χ2n) is 9.58. The second kappa shape index (κ2) is 15.4. The van der Waals surface area contributed by atoms with Crippen LogP contribution in [-0.4, -0.2) is 109 Å².